The lowest BCUT2D eigenvalue weighted by molar-refractivity contribution is -0.305. The van der Waals surface area contributed by atoms with E-state index in [9.17, 15) is 15.0 Å². The Morgan fingerprint density at radius 3 is 1.36 bits per heavy atom. The van der Waals surface area contributed by atoms with Gasteiger partial charge in [-0.05, 0) is 43.4 Å². The van der Waals surface area contributed by atoms with Crippen LogP contribution in [0.15, 0.2) is 24.3 Å². The number of carboxylic acid groups (broad SMARTS) is 1. The van der Waals surface area contributed by atoms with Crippen molar-refractivity contribution in [2.24, 2.45) is 0 Å². The van der Waals surface area contributed by atoms with Crippen LogP contribution in [-0.2, 0) is 11.2 Å². The normalized spacial score (nSPS) is 11.0. The van der Waals surface area contributed by atoms with Crippen molar-refractivity contribution in [1.29, 1.82) is 0 Å². The first kappa shape index (κ1) is 24.5. The number of hydrogen-bond acceptors (Lipinski definition) is 3. The number of carbonyl (C=O) groups excluding carboxylic acids is 1. The average molecular weight is 390 g/mol. The Balaban J connectivity index is 1.72. The van der Waals surface area contributed by atoms with Gasteiger partial charge >= 0.3 is 0 Å². The van der Waals surface area contributed by atoms with Crippen molar-refractivity contribution < 1.29 is 15.0 Å². The maximum absolute atomic E-state index is 10.3. The van der Waals surface area contributed by atoms with Crippen LogP contribution >= 0.6 is 0 Å². The number of aliphatic carboxylic acids is 1. The molecule has 1 aromatic carbocycles. The second-order valence-electron chi connectivity index (χ2n) is 8.20. The van der Waals surface area contributed by atoms with Crippen molar-refractivity contribution in [2.75, 3.05) is 0 Å². The first-order chi connectivity index (χ1) is 13.7. The van der Waals surface area contributed by atoms with Gasteiger partial charge in [-0.3, -0.25) is 0 Å². The van der Waals surface area contributed by atoms with E-state index in [1.54, 1.807) is 12.1 Å². The average Bonchev–Trinajstić information content (AvgIpc) is 2.68. The standard InChI is InChI=1S/C25H42O3/c26-24-21-19-23(20-22-24)17-15-13-11-9-7-5-3-1-2-4-6-8-10-12-14-16-18-25(27)28/h19-22,26H,1-18H2,(H,27,28)/p-1. The van der Waals surface area contributed by atoms with Crippen molar-refractivity contribution in [3.05, 3.63) is 29.8 Å². The van der Waals surface area contributed by atoms with Crippen molar-refractivity contribution in [3.63, 3.8) is 0 Å². The summed E-state index contributed by atoms with van der Waals surface area (Å²) in [4.78, 5) is 10.3. The number of phenols is 1. The van der Waals surface area contributed by atoms with Gasteiger partial charge in [0, 0.05) is 5.97 Å². The van der Waals surface area contributed by atoms with Crippen LogP contribution in [0.5, 0.6) is 5.75 Å². The summed E-state index contributed by atoms with van der Waals surface area (Å²) >= 11 is 0. The third-order valence-corrected chi connectivity index (χ3v) is 5.53. The summed E-state index contributed by atoms with van der Waals surface area (Å²) in [6.45, 7) is 0. The Hall–Kier alpha value is -1.51. The fourth-order valence-electron chi connectivity index (χ4n) is 3.74. The highest BCUT2D eigenvalue weighted by Crippen LogP contribution is 2.15. The Morgan fingerprint density at radius 2 is 0.964 bits per heavy atom. The van der Waals surface area contributed by atoms with Crippen molar-refractivity contribution >= 4 is 5.97 Å². The molecule has 0 heterocycles. The van der Waals surface area contributed by atoms with Crippen molar-refractivity contribution in [2.45, 2.75) is 116 Å². The molecule has 0 saturated carbocycles. The largest absolute Gasteiger partial charge is 0.550 e. The fraction of sp³-hybridized carbons (Fsp3) is 0.720. The SMILES string of the molecule is O=C([O-])CCCCCCCCCCCCCCCCCCc1ccc(O)cc1. The van der Waals surface area contributed by atoms with E-state index in [0.29, 0.717) is 5.75 Å². The molecule has 0 bridgehead atoms. The first-order valence-corrected chi connectivity index (χ1v) is 11.7. The number of aromatic hydroxyl groups is 1. The van der Waals surface area contributed by atoms with Crippen LogP contribution in [0.25, 0.3) is 0 Å². The number of carbonyl (C=O) groups is 1. The monoisotopic (exact) mass is 389 g/mol. The molecule has 0 radical (unpaired) electrons. The van der Waals surface area contributed by atoms with Crippen LogP contribution < -0.4 is 5.11 Å². The number of aryl methyl sites for hydroxylation is 1. The van der Waals surface area contributed by atoms with Gasteiger partial charge in [0.15, 0.2) is 0 Å². The van der Waals surface area contributed by atoms with Crippen molar-refractivity contribution in [1.82, 2.24) is 0 Å². The molecule has 0 atom stereocenters. The molecule has 0 aromatic heterocycles. The molecule has 0 aliphatic rings. The summed E-state index contributed by atoms with van der Waals surface area (Å²) in [6, 6.07) is 7.60. The van der Waals surface area contributed by atoms with E-state index in [2.05, 4.69) is 0 Å². The zero-order valence-corrected chi connectivity index (χ0v) is 17.8. The molecule has 0 amide bonds. The highest BCUT2D eigenvalue weighted by Gasteiger charge is 1.97. The molecule has 0 aliphatic heterocycles. The minimum absolute atomic E-state index is 0.222. The predicted molar refractivity (Wildman–Crippen MR) is 115 cm³/mol. The Bertz CT molecular complexity index is 481. The Morgan fingerprint density at radius 1 is 0.607 bits per heavy atom. The van der Waals surface area contributed by atoms with Crippen LogP contribution in [0.2, 0.25) is 0 Å². The number of rotatable bonds is 19. The second kappa shape index (κ2) is 17.6. The van der Waals surface area contributed by atoms with Crippen LogP contribution in [-0.4, -0.2) is 11.1 Å². The molecular formula is C25H41O3-. The molecule has 0 aliphatic carbocycles. The summed E-state index contributed by atoms with van der Waals surface area (Å²) < 4.78 is 0. The van der Waals surface area contributed by atoms with Gasteiger partial charge in [0.2, 0.25) is 0 Å². The number of carboxylic acids is 1. The minimum atomic E-state index is -0.911. The highest BCUT2D eigenvalue weighted by atomic mass is 16.4. The number of hydrogen-bond donors (Lipinski definition) is 1. The predicted octanol–water partition coefficient (Wildman–Crippen LogP) is 6.32. The van der Waals surface area contributed by atoms with Crippen LogP contribution in [0.3, 0.4) is 0 Å². The summed E-state index contributed by atoms with van der Waals surface area (Å²) in [6.07, 6.45) is 21.8. The molecule has 3 nitrogen and oxygen atoms in total. The molecule has 0 unspecified atom stereocenters. The van der Waals surface area contributed by atoms with E-state index in [-0.39, 0.29) is 6.42 Å². The van der Waals surface area contributed by atoms with Gasteiger partial charge < -0.3 is 15.0 Å². The molecule has 160 valence electrons. The summed E-state index contributed by atoms with van der Waals surface area (Å²) in [7, 11) is 0. The van der Waals surface area contributed by atoms with E-state index in [1.165, 1.54) is 95.5 Å². The van der Waals surface area contributed by atoms with Gasteiger partial charge in [-0.1, -0.05) is 102 Å². The number of unbranched alkanes of at least 4 members (excludes halogenated alkanes) is 15. The van der Waals surface area contributed by atoms with E-state index < -0.39 is 5.97 Å². The van der Waals surface area contributed by atoms with Crippen LogP contribution in [0.4, 0.5) is 0 Å². The van der Waals surface area contributed by atoms with Gasteiger partial charge in [0.05, 0.1) is 0 Å². The van der Waals surface area contributed by atoms with Crippen molar-refractivity contribution in [3.8, 4) is 5.75 Å². The topological polar surface area (TPSA) is 60.4 Å². The molecule has 0 spiro atoms. The number of phenolic OH excluding ortho intramolecular Hbond substituents is 1. The van der Waals surface area contributed by atoms with Crippen LogP contribution in [0, 0.1) is 0 Å². The molecule has 0 saturated heterocycles. The Labute approximate surface area is 172 Å². The smallest absolute Gasteiger partial charge is 0.115 e. The second-order valence-corrected chi connectivity index (χ2v) is 8.20. The third kappa shape index (κ3) is 15.5. The van der Waals surface area contributed by atoms with Gasteiger partial charge in [-0.15, -0.1) is 0 Å². The quantitative estimate of drug-likeness (QED) is 0.282. The van der Waals surface area contributed by atoms with E-state index in [4.69, 9.17) is 0 Å². The third-order valence-electron chi connectivity index (χ3n) is 5.53. The summed E-state index contributed by atoms with van der Waals surface area (Å²) in [5, 5.41) is 19.6. The zero-order chi connectivity index (χ0) is 20.3. The minimum Gasteiger partial charge on any atom is -0.550 e. The molecule has 28 heavy (non-hydrogen) atoms. The van der Waals surface area contributed by atoms with Gasteiger partial charge in [0.1, 0.15) is 5.75 Å². The van der Waals surface area contributed by atoms with Crippen LogP contribution in [0.1, 0.15) is 115 Å². The lowest BCUT2D eigenvalue weighted by atomic mass is 10.0. The fourth-order valence-corrected chi connectivity index (χ4v) is 3.74. The molecule has 3 heteroatoms. The number of benzene rings is 1. The molecular weight excluding hydrogens is 348 g/mol. The van der Waals surface area contributed by atoms with E-state index in [1.807, 2.05) is 12.1 Å². The van der Waals surface area contributed by atoms with E-state index >= 15 is 0 Å². The molecule has 1 rings (SSSR count). The lowest BCUT2D eigenvalue weighted by Gasteiger charge is -2.04. The van der Waals surface area contributed by atoms with Gasteiger partial charge in [0.25, 0.3) is 0 Å². The molecule has 1 aromatic rings. The van der Waals surface area contributed by atoms with E-state index in [0.717, 1.165) is 19.3 Å². The highest BCUT2D eigenvalue weighted by molar-refractivity contribution is 5.64. The van der Waals surface area contributed by atoms with Gasteiger partial charge in [-0.25, -0.2) is 0 Å². The maximum Gasteiger partial charge on any atom is 0.115 e. The zero-order valence-electron chi connectivity index (χ0n) is 17.8. The maximum atomic E-state index is 10.3. The Kier molecular flexibility index (Phi) is 15.4. The molecule has 0 fully saturated rings. The summed E-state index contributed by atoms with van der Waals surface area (Å²) in [5.74, 6) is -0.558. The summed E-state index contributed by atoms with van der Waals surface area (Å²) in [5.41, 5.74) is 1.33. The molecule has 1 N–H and O–H groups in total. The lowest BCUT2D eigenvalue weighted by Crippen LogP contribution is -2.21. The first-order valence-electron chi connectivity index (χ1n) is 11.7. The van der Waals surface area contributed by atoms with Gasteiger partial charge in [-0.2, -0.15) is 0 Å².